The lowest BCUT2D eigenvalue weighted by Crippen LogP contribution is -2.47. The Hall–Kier alpha value is -1.86. The quantitative estimate of drug-likeness (QED) is 0.874. The van der Waals surface area contributed by atoms with E-state index in [4.69, 9.17) is 0 Å². The molecule has 1 amide bonds. The summed E-state index contributed by atoms with van der Waals surface area (Å²) in [5.41, 5.74) is 1.00. The third kappa shape index (κ3) is 3.62. The summed E-state index contributed by atoms with van der Waals surface area (Å²) >= 11 is 0. The number of rotatable bonds is 4. The molecule has 2 aliphatic rings. The van der Waals surface area contributed by atoms with Gasteiger partial charge < -0.3 is 9.88 Å². The average molecular weight is 390 g/mol. The van der Waals surface area contributed by atoms with Crippen LogP contribution in [-0.4, -0.2) is 42.3 Å². The molecule has 1 aromatic heterocycles. The number of nitrogens with one attached hydrogen (secondary N) is 1. The fourth-order valence-electron chi connectivity index (χ4n) is 4.33. The first-order valence-corrected chi connectivity index (χ1v) is 11.2. The number of carbonyl (C=O) groups excluding carboxylic acids is 1. The van der Waals surface area contributed by atoms with E-state index in [9.17, 15) is 13.2 Å². The smallest absolute Gasteiger partial charge is 0.243 e. The van der Waals surface area contributed by atoms with Crippen LogP contribution in [0.25, 0.3) is 10.9 Å². The molecular formula is C20H27N3O3S. The van der Waals surface area contributed by atoms with Gasteiger partial charge in [-0.05, 0) is 49.9 Å². The van der Waals surface area contributed by atoms with Crippen LogP contribution in [0.2, 0.25) is 0 Å². The van der Waals surface area contributed by atoms with Gasteiger partial charge in [-0.15, -0.1) is 0 Å². The van der Waals surface area contributed by atoms with Crippen molar-refractivity contribution in [3.05, 3.63) is 30.5 Å². The van der Waals surface area contributed by atoms with Gasteiger partial charge in [0.25, 0.3) is 0 Å². The lowest BCUT2D eigenvalue weighted by atomic mass is 9.98. The van der Waals surface area contributed by atoms with Crippen LogP contribution in [0.15, 0.2) is 35.4 Å². The van der Waals surface area contributed by atoms with Crippen LogP contribution in [0.3, 0.4) is 0 Å². The maximum Gasteiger partial charge on any atom is 0.243 e. The van der Waals surface area contributed by atoms with Crippen LogP contribution in [0.5, 0.6) is 0 Å². The van der Waals surface area contributed by atoms with Gasteiger partial charge in [0.05, 0.1) is 10.8 Å². The van der Waals surface area contributed by atoms with E-state index in [-0.39, 0.29) is 24.4 Å². The minimum atomic E-state index is -3.59. The lowest BCUT2D eigenvalue weighted by Gasteiger charge is -2.31. The summed E-state index contributed by atoms with van der Waals surface area (Å²) in [6, 6.07) is 7.43. The number of piperidine rings is 1. The summed E-state index contributed by atoms with van der Waals surface area (Å²) in [5.74, 6) is -0.241. The van der Waals surface area contributed by atoms with E-state index in [1.807, 2.05) is 29.9 Å². The summed E-state index contributed by atoms with van der Waals surface area (Å²) in [6.07, 6.45) is 7.80. The van der Waals surface area contributed by atoms with Gasteiger partial charge in [0.1, 0.15) is 0 Å². The molecule has 0 radical (unpaired) electrons. The largest absolute Gasteiger partial charge is 0.353 e. The van der Waals surface area contributed by atoms with Gasteiger partial charge in [0.2, 0.25) is 15.9 Å². The third-order valence-corrected chi connectivity index (χ3v) is 7.81. The molecule has 2 fully saturated rings. The van der Waals surface area contributed by atoms with Crippen LogP contribution in [-0.2, 0) is 21.9 Å². The Bertz CT molecular complexity index is 945. The standard InChI is InChI=1S/C20H27N3O3S/c1-22-12-10-15-13-18(8-9-19(15)22)27(25,26)23-11-4-5-16(14-23)20(24)21-17-6-2-3-7-17/h8-10,12-13,16-17H,2-7,11,14H2,1H3,(H,21,24)/t16-/m1/s1. The van der Waals surface area contributed by atoms with E-state index >= 15 is 0 Å². The molecule has 4 rings (SSSR count). The maximum atomic E-state index is 13.1. The van der Waals surface area contributed by atoms with Crippen LogP contribution in [0.4, 0.5) is 0 Å². The van der Waals surface area contributed by atoms with E-state index in [1.54, 1.807) is 12.1 Å². The maximum absolute atomic E-state index is 13.1. The fourth-order valence-corrected chi connectivity index (χ4v) is 5.89. The van der Waals surface area contributed by atoms with Gasteiger partial charge in [-0.25, -0.2) is 8.42 Å². The lowest BCUT2D eigenvalue weighted by molar-refractivity contribution is -0.126. The summed E-state index contributed by atoms with van der Waals surface area (Å²) < 4.78 is 29.7. The first-order chi connectivity index (χ1) is 12.9. The van der Waals surface area contributed by atoms with E-state index in [2.05, 4.69) is 5.32 Å². The molecule has 27 heavy (non-hydrogen) atoms. The first-order valence-electron chi connectivity index (χ1n) is 9.81. The molecule has 146 valence electrons. The number of hydrogen-bond donors (Lipinski definition) is 1. The highest BCUT2D eigenvalue weighted by molar-refractivity contribution is 7.89. The molecule has 7 heteroatoms. The first kappa shape index (κ1) is 18.5. The van der Waals surface area contributed by atoms with Crippen molar-refractivity contribution in [1.82, 2.24) is 14.2 Å². The number of aryl methyl sites for hydroxylation is 1. The van der Waals surface area contributed by atoms with Crippen molar-refractivity contribution in [3.63, 3.8) is 0 Å². The number of nitrogens with zero attached hydrogens (tertiary/aromatic N) is 2. The summed E-state index contributed by atoms with van der Waals surface area (Å²) in [7, 11) is -1.65. The van der Waals surface area contributed by atoms with Gasteiger partial charge in [0, 0.05) is 43.3 Å². The number of hydrogen-bond acceptors (Lipinski definition) is 3. The molecule has 1 aliphatic heterocycles. The number of amides is 1. The highest BCUT2D eigenvalue weighted by Gasteiger charge is 2.34. The van der Waals surface area contributed by atoms with E-state index in [0.29, 0.717) is 11.4 Å². The molecule has 0 spiro atoms. The van der Waals surface area contributed by atoms with Gasteiger partial charge in [-0.3, -0.25) is 4.79 Å². The molecule has 1 atom stereocenters. The SMILES string of the molecule is Cn1ccc2cc(S(=O)(=O)N3CCC[C@@H](C(=O)NC4CCCC4)C3)ccc21. The molecule has 2 heterocycles. The van der Waals surface area contributed by atoms with E-state index in [0.717, 1.165) is 49.4 Å². The van der Waals surface area contributed by atoms with Crippen molar-refractivity contribution in [2.24, 2.45) is 13.0 Å². The highest BCUT2D eigenvalue weighted by Crippen LogP contribution is 2.27. The van der Waals surface area contributed by atoms with E-state index in [1.165, 1.54) is 4.31 Å². The van der Waals surface area contributed by atoms with Crippen molar-refractivity contribution in [1.29, 1.82) is 0 Å². The normalized spacial score (nSPS) is 22.3. The van der Waals surface area contributed by atoms with Crippen LogP contribution >= 0.6 is 0 Å². The Morgan fingerprint density at radius 3 is 2.67 bits per heavy atom. The summed E-state index contributed by atoms with van der Waals surface area (Å²) in [6.45, 7) is 0.746. The number of benzene rings is 1. The van der Waals surface area contributed by atoms with Gasteiger partial charge >= 0.3 is 0 Å². The second-order valence-electron chi connectivity index (χ2n) is 7.84. The Morgan fingerprint density at radius 2 is 1.89 bits per heavy atom. The molecule has 1 aromatic carbocycles. The zero-order valence-electron chi connectivity index (χ0n) is 15.7. The Kier molecular flexibility index (Phi) is 4.99. The summed E-state index contributed by atoms with van der Waals surface area (Å²) in [5, 5.41) is 4.03. The minimum Gasteiger partial charge on any atom is -0.353 e. The van der Waals surface area contributed by atoms with Crippen molar-refractivity contribution in [2.45, 2.75) is 49.5 Å². The fraction of sp³-hybridized carbons (Fsp3) is 0.550. The van der Waals surface area contributed by atoms with Crippen molar-refractivity contribution < 1.29 is 13.2 Å². The van der Waals surface area contributed by atoms with Gasteiger partial charge in [-0.1, -0.05) is 12.8 Å². The molecule has 1 saturated carbocycles. The van der Waals surface area contributed by atoms with Crippen molar-refractivity contribution in [2.75, 3.05) is 13.1 Å². The molecule has 1 saturated heterocycles. The van der Waals surface area contributed by atoms with Crippen LogP contribution < -0.4 is 5.32 Å². The molecular weight excluding hydrogens is 362 g/mol. The molecule has 1 N–H and O–H groups in total. The predicted molar refractivity (Wildman–Crippen MR) is 105 cm³/mol. The predicted octanol–water partition coefficient (Wildman–Crippen LogP) is 2.64. The van der Waals surface area contributed by atoms with Crippen molar-refractivity contribution >= 4 is 26.8 Å². The highest BCUT2D eigenvalue weighted by atomic mass is 32.2. The second kappa shape index (κ2) is 7.28. The summed E-state index contributed by atoms with van der Waals surface area (Å²) in [4.78, 5) is 12.9. The Balaban J connectivity index is 1.50. The van der Waals surface area contributed by atoms with Gasteiger partial charge in [-0.2, -0.15) is 4.31 Å². The average Bonchev–Trinajstić information content (AvgIpc) is 3.31. The second-order valence-corrected chi connectivity index (χ2v) is 9.78. The number of carbonyl (C=O) groups is 1. The van der Waals surface area contributed by atoms with Crippen LogP contribution in [0, 0.1) is 5.92 Å². The van der Waals surface area contributed by atoms with E-state index < -0.39 is 10.0 Å². The monoisotopic (exact) mass is 389 g/mol. The van der Waals surface area contributed by atoms with Crippen LogP contribution in [0.1, 0.15) is 38.5 Å². The molecule has 2 aromatic rings. The third-order valence-electron chi connectivity index (χ3n) is 5.95. The zero-order valence-corrected chi connectivity index (χ0v) is 16.5. The zero-order chi connectivity index (χ0) is 19.0. The molecule has 6 nitrogen and oxygen atoms in total. The number of aromatic nitrogens is 1. The number of sulfonamides is 1. The Morgan fingerprint density at radius 1 is 1.11 bits per heavy atom. The molecule has 0 bridgehead atoms. The topological polar surface area (TPSA) is 71.4 Å². The van der Waals surface area contributed by atoms with Gasteiger partial charge in [0.15, 0.2) is 0 Å². The molecule has 0 unspecified atom stereocenters. The number of fused-ring (bicyclic) bond motifs is 1. The molecule has 1 aliphatic carbocycles. The Labute approximate surface area is 160 Å². The van der Waals surface area contributed by atoms with Crippen molar-refractivity contribution in [3.8, 4) is 0 Å². The minimum absolute atomic E-state index is 0.0142.